The molecule has 0 spiro atoms. The van der Waals surface area contributed by atoms with E-state index in [1.165, 1.54) is 0 Å². The van der Waals surface area contributed by atoms with Crippen LogP contribution < -0.4 is 5.32 Å². The maximum Gasteiger partial charge on any atom is 0.417 e. The Labute approximate surface area is 191 Å². The minimum atomic E-state index is -4.58. The number of rotatable bonds is 8. The van der Waals surface area contributed by atoms with Crippen LogP contribution in [0.4, 0.5) is 13.2 Å². The van der Waals surface area contributed by atoms with E-state index in [0.717, 1.165) is 32.1 Å². The molecular weight excluding hydrogens is 465 g/mol. The monoisotopic (exact) mass is 492 g/mol. The lowest BCUT2D eigenvalue weighted by Gasteiger charge is -2.40. The molecule has 0 aliphatic heterocycles. The molecule has 4 rings (SSSR count). The maximum atomic E-state index is 12.8. The number of amides is 1. The first kappa shape index (κ1) is 23.8. The number of hydrogen-bond donors (Lipinski definition) is 1. The van der Waals surface area contributed by atoms with Crippen molar-refractivity contribution in [3.63, 3.8) is 0 Å². The van der Waals surface area contributed by atoms with Gasteiger partial charge in [-0.3, -0.25) is 4.79 Å². The molecule has 0 radical (unpaired) electrons. The van der Waals surface area contributed by atoms with Gasteiger partial charge in [-0.15, -0.1) is 0 Å². The van der Waals surface area contributed by atoms with Crippen molar-refractivity contribution in [1.29, 1.82) is 0 Å². The Bertz CT molecular complexity index is 967. The number of aromatic nitrogens is 1. The number of carbonyl (C=O) groups is 1. The highest BCUT2D eigenvalue weighted by atomic mass is 35.5. The average molecular weight is 493 g/mol. The van der Waals surface area contributed by atoms with E-state index in [1.54, 1.807) is 0 Å². The van der Waals surface area contributed by atoms with Gasteiger partial charge in [0.1, 0.15) is 5.69 Å². The molecule has 3 fully saturated rings. The summed E-state index contributed by atoms with van der Waals surface area (Å²) in [6.07, 6.45) is 3.87. The van der Waals surface area contributed by atoms with Crippen LogP contribution in [0, 0.1) is 17.3 Å². The molecular formula is C22H28ClF3N2O3S. The summed E-state index contributed by atoms with van der Waals surface area (Å²) in [5, 5.41) is 2.17. The lowest BCUT2D eigenvalue weighted by atomic mass is 9.70. The zero-order chi connectivity index (χ0) is 23.1. The van der Waals surface area contributed by atoms with Gasteiger partial charge in [0.2, 0.25) is 0 Å². The van der Waals surface area contributed by atoms with Gasteiger partial charge >= 0.3 is 6.18 Å². The zero-order valence-corrected chi connectivity index (χ0v) is 19.3. The first-order valence-electron chi connectivity index (χ1n) is 11.2. The van der Waals surface area contributed by atoms with Crippen LogP contribution in [-0.4, -0.2) is 36.9 Å². The van der Waals surface area contributed by atoms with E-state index in [0.29, 0.717) is 62.1 Å². The van der Waals surface area contributed by atoms with Gasteiger partial charge in [-0.1, -0.05) is 24.4 Å². The van der Waals surface area contributed by atoms with Gasteiger partial charge in [-0.25, -0.2) is 13.4 Å². The van der Waals surface area contributed by atoms with Crippen molar-refractivity contribution >= 4 is 27.3 Å². The van der Waals surface area contributed by atoms with Gasteiger partial charge in [0.25, 0.3) is 5.91 Å². The molecule has 1 aromatic rings. The fourth-order valence-electron chi connectivity index (χ4n) is 4.81. The number of alkyl halides is 3. The van der Waals surface area contributed by atoms with Gasteiger partial charge in [0.15, 0.2) is 9.84 Å². The van der Waals surface area contributed by atoms with Crippen LogP contribution in [0.1, 0.15) is 73.8 Å². The fraction of sp³-hybridized carbons (Fsp3) is 0.727. The molecule has 0 bridgehead atoms. The van der Waals surface area contributed by atoms with E-state index in [-0.39, 0.29) is 21.4 Å². The molecule has 1 amide bonds. The van der Waals surface area contributed by atoms with Gasteiger partial charge in [-0.2, -0.15) is 13.2 Å². The second-order valence-corrected chi connectivity index (χ2v) is 12.6. The number of hydrogen-bond acceptors (Lipinski definition) is 4. The quantitative estimate of drug-likeness (QED) is 0.551. The number of nitrogens with one attached hydrogen (secondary N) is 1. The molecule has 3 saturated carbocycles. The molecule has 10 heteroatoms. The first-order chi connectivity index (χ1) is 15.0. The van der Waals surface area contributed by atoms with E-state index >= 15 is 0 Å². The molecule has 1 aromatic heterocycles. The smallest absolute Gasteiger partial charge is 0.350 e. The highest BCUT2D eigenvalue weighted by molar-refractivity contribution is 7.92. The van der Waals surface area contributed by atoms with E-state index in [2.05, 4.69) is 10.3 Å². The summed E-state index contributed by atoms with van der Waals surface area (Å²) in [5.74, 6) is 0.613. The second kappa shape index (κ2) is 8.78. The molecule has 3 aliphatic carbocycles. The molecule has 0 aromatic carbocycles. The molecule has 0 unspecified atom stereocenters. The molecule has 178 valence electrons. The third kappa shape index (κ3) is 5.76. The van der Waals surface area contributed by atoms with Crippen LogP contribution in [-0.2, 0) is 16.0 Å². The SMILES string of the molecule is O=C(NCC1(CC2CC2)CCC(S(=O)(=O)CC2CC2)CC1)c1ncc(C(F)(F)F)cc1Cl. The molecule has 1 heterocycles. The van der Waals surface area contributed by atoms with Crippen molar-refractivity contribution in [3.05, 3.63) is 28.5 Å². The molecule has 32 heavy (non-hydrogen) atoms. The van der Waals surface area contributed by atoms with Gasteiger partial charge < -0.3 is 5.32 Å². The number of nitrogens with zero attached hydrogens (tertiary/aromatic N) is 1. The summed E-state index contributed by atoms with van der Waals surface area (Å²) in [5.41, 5.74) is -1.43. The largest absolute Gasteiger partial charge is 0.417 e. The summed E-state index contributed by atoms with van der Waals surface area (Å²) in [4.78, 5) is 16.3. The van der Waals surface area contributed by atoms with Crippen LogP contribution in [0.5, 0.6) is 0 Å². The Morgan fingerprint density at radius 2 is 1.75 bits per heavy atom. The molecule has 5 nitrogen and oxygen atoms in total. The highest BCUT2D eigenvalue weighted by Gasteiger charge is 2.44. The van der Waals surface area contributed by atoms with Crippen LogP contribution in [0.15, 0.2) is 12.3 Å². The number of carbonyl (C=O) groups excluding carboxylic acids is 1. The number of halogens is 4. The maximum absolute atomic E-state index is 12.8. The van der Waals surface area contributed by atoms with Crippen molar-refractivity contribution in [3.8, 4) is 0 Å². The summed E-state index contributed by atoms with van der Waals surface area (Å²) in [7, 11) is -3.09. The van der Waals surface area contributed by atoms with E-state index in [4.69, 9.17) is 11.6 Å². The Hall–Kier alpha value is -1.35. The highest BCUT2D eigenvalue weighted by Crippen LogP contribution is 2.49. The van der Waals surface area contributed by atoms with E-state index in [1.807, 2.05) is 0 Å². The number of sulfone groups is 1. The van der Waals surface area contributed by atoms with Crippen molar-refractivity contribution in [2.24, 2.45) is 17.3 Å². The molecule has 0 atom stereocenters. The van der Waals surface area contributed by atoms with Gasteiger partial charge in [0, 0.05) is 12.7 Å². The minimum absolute atomic E-state index is 0.194. The lowest BCUT2D eigenvalue weighted by Crippen LogP contribution is -2.43. The zero-order valence-electron chi connectivity index (χ0n) is 17.8. The Morgan fingerprint density at radius 3 is 2.28 bits per heavy atom. The third-order valence-corrected chi connectivity index (χ3v) is 9.80. The van der Waals surface area contributed by atoms with E-state index < -0.39 is 27.5 Å². The summed E-state index contributed by atoms with van der Waals surface area (Å²) in [6, 6.07) is 0.708. The standard InChI is InChI=1S/C22H28ClF3N2O3S/c23-18-9-16(22(24,25)26)11-27-19(18)20(29)28-13-21(10-14-1-2-14)7-5-17(6-8-21)32(30,31)12-15-3-4-15/h9,11,14-15,17H,1-8,10,12-13H2,(H,28,29). The predicted molar refractivity (Wildman–Crippen MR) is 115 cm³/mol. The predicted octanol–water partition coefficient (Wildman–Crippen LogP) is 5.04. The van der Waals surface area contributed by atoms with Gasteiger partial charge in [-0.05, 0) is 68.3 Å². The van der Waals surface area contributed by atoms with Crippen LogP contribution in [0.3, 0.4) is 0 Å². The van der Waals surface area contributed by atoms with Crippen molar-refractivity contribution in [2.45, 2.75) is 69.2 Å². The molecule has 3 aliphatic rings. The normalized spacial score (nSPS) is 26.7. The second-order valence-electron chi connectivity index (χ2n) is 9.85. The van der Waals surface area contributed by atoms with Crippen LogP contribution >= 0.6 is 11.6 Å². The van der Waals surface area contributed by atoms with Crippen LogP contribution in [0.25, 0.3) is 0 Å². The summed E-state index contributed by atoms with van der Waals surface area (Å²) >= 11 is 5.91. The number of pyridine rings is 1. The van der Waals surface area contributed by atoms with Crippen molar-refractivity contribution in [1.82, 2.24) is 10.3 Å². The average Bonchev–Trinajstić information content (AvgIpc) is 3.64. The fourth-order valence-corrected chi connectivity index (χ4v) is 7.28. The Morgan fingerprint density at radius 1 is 1.12 bits per heavy atom. The minimum Gasteiger partial charge on any atom is -0.350 e. The Kier molecular flexibility index (Phi) is 6.53. The lowest BCUT2D eigenvalue weighted by molar-refractivity contribution is -0.137. The van der Waals surface area contributed by atoms with Crippen molar-refractivity contribution in [2.75, 3.05) is 12.3 Å². The van der Waals surface area contributed by atoms with Crippen molar-refractivity contribution < 1.29 is 26.4 Å². The Balaban J connectivity index is 1.40. The third-order valence-electron chi connectivity index (χ3n) is 7.09. The first-order valence-corrected chi connectivity index (χ1v) is 13.3. The van der Waals surface area contributed by atoms with E-state index in [9.17, 15) is 26.4 Å². The van der Waals surface area contributed by atoms with Gasteiger partial charge in [0.05, 0.1) is 21.6 Å². The topological polar surface area (TPSA) is 76.1 Å². The molecule has 0 saturated heterocycles. The van der Waals surface area contributed by atoms with Crippen LogP contribution in [0.2, 0.25) is 5.02 Å². The summed E-state index contributed by atoms with van der Waals surface area (Å²) in [6.45, 7) is 0.344. The summed E-state index contributed by atoms with van der Waals surface area (Å²) < 4.78 is 63.8. The molecule has 1 N–H and O–H groups in total.